The van der Waals surface area contributed by atoms with Gasteiger partial charge in [0.1, 0.15) is 18.1 Å². The van der Waals surface area contributed by atoms with Crippen LogP contribution in [-0.4, -0.2) is 6.61 Å². The van der Waals surface area contributed by atoms with E-state index in [0.29, 0.717) is 6.61 Å². The molecule has 3 rings (SSSR count). The fraction of sp³-hybridized carbons (Fsp3) is 0.250. The van der Waals surface area contributed by atoms with Crippen LogP contribution < -0.4 is 14.8 Å². The number of nitrogens with one attached hydrogen (secondary N) is 1. The molecule has 4 heteroatoms. The molecule has 0 radical (unpaired) electrons. The number of rotatable bonds is 3. The molecular formula is C16H16BrNO2. The molecule has 0 amide bonds. The topological polar surface area (TPSA) is 30.5 Å². The van der Waals surface area contributed by atoms with Crippen molar-refractivity contribution >= 4 is 27.3 Å². The first-order valence-electron chi connectivity index (χ1n) is 6.71. The average Bonchev–Trinajstić information content (AvgIpc) is 2.63. The number of hydrogen-bond acceptors (Lipinski definition) is 3. The molecule has 0 spiro atoms. The lowest BCUT2D eigenvalue weighted by Gasteiger charge is -2.11. The Balaban J connectivity index is 1.93. The van der Waals surface area contributed by atoms with Gasteiger partial charge in [0.25, 0.3) is 0 Å². The quantitative estimate of drug-likeness (QED) is 0.868. The standard InChI is InChI=1S/C16H16BrNO2/c1-2-7-19-13-5-6-16-15(9-13)18-14-8-12(17)4-3-11(14)10-20-16/h3-6,8-9,18H,2,7,10H2,1H3. The van der Waals surface area contributed by atoms with Crippen LogP contribution in [0.15, 0.2) is 40.9 Å². The van der Waals surface area contributed by atoms with E-state index in [2.05, 4.69) is 40.3 Å². The predicted octanol–water partition coefficient (Wildman–Crippen LogP) is 4.87. The van der Waals surface area contributed by atoms with Gasteiger partial charge in [0, 0.05) is 21.8 Å². The molecule has 20 heavy (non-hydrogen) atoms. The number of benzene rings is 2. The third-order valence-electron chi connectivity index (χ3n) is 3.15. The minimum atomic E-state index is 0.567. The fourth-order valence-electron chi connectivity index (χ4n) is 2.13. The summed E-state index contributed by atoms with van der Waals surface area (Å²) in [5, 5.41) is 3.43. The van der Waals surface area contributed by atoms with Gasteiger partial charge >= 0.3 is 0 Å². The lowest BCUT2D eigenvalue weighted by molar-refractivity contribution is 0.305. The summed E-state index contributed by atoms with van der Waals surface area (Å²) < 4.78 is 12.6. The number of hydrogen-bond donors (Lipinski definition) is 1. The zero-order valence-corrected chi connectivity index (χ0v) is 12.9. The highest BCUT2D eigenvalue weighted by molar-refractivity contribution is 9.10. The smallest absolute Gasteiger partial charge is 0.143 e. The van der Waals surface area contributed by atoms with E-state index < -0.39 is 0 Å². The Hall–Kier alpha value is -1.68. The van der Waals surface area contributed by atoms with Gasteiger partial charge in [-0.05, 0) is 30.7 Å². The second kappa shape index (κ2) is 5.75. The first-order chi connectivity index (χ1) is 9.76. The molecule has 0 saturated carbocycles. The van der Waals surface area contributed by atoms with E-state index in [4.69, 9.17) is 9.47 Å². The molecule has 1 aliphatic heterocycles. The van der Waals surface area contributed by atoms with Crippen molar-refractivity contribution in [2.24, 2.45) is 0 Å². The van der Waals surface area contributed by atoms with Crippen molar-refractivity contribution in [1.82, 2.24) is 0 Å². The Morgan fingerprint density at radius 3 is 2.95 bits per heavy atom. The number of ether oxygens (including phenoxy) is 2. The van der Waals surface area contributed by atoms with Crippen LogP contribution in [0.2, 0.25) is 0 Å². The monoisotopic (exact) mass is 333 g/mol. The van der Waals surface area contributed by atoms with Crippen molar-refractivity contribution in [3.8, 4) is 11.5 Å². The molecule has 1 heterocycles. The van der Waals surface area contributed by atoms with Crippen molar-refractivity contribution in [1.29, 1.82) is 0 Å². The summed E-state index contributed by atoms with van der Waals surface area (Å²) in [6.45, 7) is 3.39. The van der Waals surface area contributed by atoms with E-state index >= 15 is 0 Å². The molecule has 2 aromatic carbocycles. The Morgan fingerprint density at radius 2 is 2.10 bits per heavy atom. The summed E-state index contributed by atoms with van der Waals surface area (Å²) in [6.07, 6.45) is 0.997. The highest BCUT2D eigenvalue weighted by atomic mass is 79.9. The van der Waals surface area contributed by atoms with Crippen LogP contribution in [0.25, 0.3) is 0 Å². The summed E-state index contributed by atoms with van der Waals surface area (Å²) in [5.41, 5.74) is 3.14. The Kier molecular flexibility index (Phi) is 3.83. The van der Waals surface area contributed by atoms with Crippen LogP contribution in [0.4, 0.5) is 11.4 Å². The fourth-order valence-corrected chi connectivity index (χ4v) is 2.49. The molecule has 0 fully saturated rings. The average molecular weight is 334 g/mol. The van der Waals surface area contributed by atoms with Gasteiger partial charge in [0.2, 0.25) is 0 Å². The molecule has 3 nitrogen and oxygen atoms in total. The van der Waals surface area contributed by atoms with Crippen LogP contribution in [0, 0.1) is 0 Å². The first-order valence-corrected chi connectivity index (χ1v) is 7.50. The summed E-state index contributed by atoms with van der Waals surface area (Å²) in [5.74, 6) is 1.71. The summed E-state index contributed by atoms with van der Waals surface area (Å²) in [7, 11) is 0. The van der Waals surface area contributed by atoms with Gasteiger partial charge in [-0.15, -0.1) is 0 Å². The van der Waals surface area contributed by atoms with Crippen LogP contribution in [0.3, 0.4) is 0 Å². The molecule has 0 atom stereocenters. The lowest BCUT2D eigenvalue weighted by Crippen LogP contribution is -1.97. The molecule has 1 aliphatic rings. The van der Waals surface area contributed by atoms with Crippen molar-refractivity contribution in [2.45, 2.75) is 20.0 Å². The molecule has 1 N–H and O–H groups in total. The molecule has 2 aromatic rings. The van der Waals surface area contributed by atoms with E-state index in [0.717, 1.165) is 45.9 Å². The van der Waals surface area contributed by atoms with Gasteiger partial charge in [0.05, 0.1) is 12.3 Å². The van der Waals surface area contributed by atoms with Crippen molar-refractivity contribution in [2.75, 3.05) is 11.9 Å². The van der Waals surface area contributed by atoms with Gasteiger partial charge in [-0.3, -0.25) is 0 Å². The normalized spacial score (nSPS) is 12.5. The van der Waals surface area contributed by atoms with E-state index in [9.17, 15) is 0 Å². The van der Waals surface area contributed by atoms with E-state index in [1.54, 1.807) is 0 Å². The molecule has 104 valence electrons. The van der Waals surface area contributed by atoms with E-state index in [-0.39, 0.29) is 0 Å². The van der Waals surface area contributed by atoms with Crippen LogP contribution >= 0.6 is 15.9 Å². The largest absolute Gasteiger partial charge is 0.494 e. The number of anilines is 2. The highest BCUT2D eigenvalue weighted by Gasteiger charge is 2.14. The van der Waals surface area contributed by atoms with Gasteiger partial charge < -0.3 is 14.8 Å². The van der Waals surface area contributed by atoms with Gasteiger partial charge in [-0.2, -0.15) is 0 Å². The Labute approximate surface area is 127 Å². The van der Waals surface area contributed by atoms with Crippen LogP contribution in [0.1, 0.15) is 18.9 Å². The maximum atomic E-state index is 5.84. The third-order valence-corrected chi connectivity index (χ3v) is 3.64. The lowest BCUT2D eigenvalue weighted by atomic mass is 10.2. The molecule has 0 bridgehead atoms. The van der Waals surface area contributed by atoms with Crippen molar-refractivity contribution < 1.29 is 9.47 Å². The SMILES string of the molecule is CCCOc1ccc2c(c1)Nc1cc(Br)ccc1CO2. The summed E-state index contributed by atoms with van der Waals surface area (Å²) in [4.78, 5) is 0. The zero-order chi connectivity index (χ0) is 13.9. The maximum absolute atomic E-state index is 5.84. The van der Waals surface area contributed by atoms with E-state index in [1.807, 2.05) is 24.3 Å². The predicted molar refractivity (Wildman–Crippen MR) is 84.0 cm³/mol. The molecule has 0 saturated heterocycles. The minimum absolute atomic E-state index is 0.567. The maximum Gasteiger partial charge on any atom is 0.143 e. The van der Waals surface area contributed by atoms with Crippen molar-refractivity contribution in [3.63, 3.8) is 0 Å². The second-order valence-electron chi connectivity index (χ2n) is 4.72. The third kappa shape index (κ3) is 2.75. The molecular weight excluding hydrogens is 318 g/mol. The Morgan fingerprint density at radius 1 is 1.20 bits per heavy atom. The summed E-state index contributed by atoms with van der Waals surface area (Å²) in [6, 6.07) is 12.0. The first kappa shape index (κ1) is 13.3. The molecule has 0 unspecified atom stereocenters. The number of halogens is 1. The molecule has 0 aromatic heterocycles. The number of fused-ring (bicyclic) bond motifs is 2. The van der Waals surface area contributed by atoms with E-state index in [1.165, 1.54) is 0 Å². The molecule has 0 aliphatic carbocycles. The Bertz CT molecular complexity index is 628. The second-order valence-corrected chi connectivity index (χ2v) is 5.64. The summed E-state index contributed by atoms with van der Waals surface area (Å²) >= 11 is 3.50. The van der Waals surface area contributed by atoms with Gasteiger partial charge in [0.15, 0.2) is 0 Å². The minimum Gasteiger partial charge on any atom is -0.494 e. The van der Waals surface area contributed by atoms with Crippen LogP contribution in [-0.2, 0) is 6.61 Å². The van der Waals surface area contributed by atoms with Crippen LogP contribution in [0.5, 0.6) is 11.5 Å². The van der Waals surface area contributed by atoms with Crippen molar-refractivity contribution in [3.05, 3.63) is 46.4 Å². The van der Waals surface area contributed by atoms with Gasteiger partial charge in [-0.25, -0.2) is 0 Å². The zero-order valence-electron chi connectivity index (χ0n) is 11.3. The van der Waals surface area contributed by atoms with Gasteiger partial charge in [-0.1, -0.05) is 28.9 Å². The highest BCUT2D eigenvalue weighted by Crippen LogP contribution is 2.37.